The van der Waals surface area contributed by atoms with Gasteiger partial charge in [-0.3, -0.25) is 4.72 Å². The van der Waals surface area contributed by atoms with E-state index in [4.69, 9.17) is 10.2 Å². The summed E-state index contributed by atoms with van der Waals surface area (Å²) < 4.78 is 24.2. The van der Waals surface area contributed by atoms with Gasteiger partial charge in [-0.15, -0.1) is 0 Å². The largest absolute Gasteiger partial charge is 0.392 e. The van der Waals surface area contributed by atoms with E-state index in [0.717, 1.165) is 6.26 Å². The first-order valence-electron chi connectivity index (χ1n) is 4.27. The molecule has 0 bridgehead atoms. The Morgan fingerprint density at radius 1 is 1.13 bits per heavy atom. The van der Waals surface area contributed by atoms with E-state index in [-0.39, 0.29) is 13.2 Å². The van der Waals surface area contributed by atoms with E-state index < -0.39 is 10.0 Å². The minimum atomic E-state index is -3.34. The molecule has 5 nitrogen and oxygen atoms in total. The zero-order valence-electron chi connectivity index (χ0n) is 8.27. The van der Waals surface area contributed by atoms with Gasteiger partial charge in [0.05, 0.1) is 19.5 Å². The van der Waals surface area contributed by atoms with Crippen molar-refractivity contribution >= 4 is 15.7 Å². The highest BCUT2D eigenvalue weighted by Crippen LogP contribution is 2.16. The van der Waals surface area contributed by atoms with Gasteiger partial charge in [-0.2, -0.15) is 0 Å². The number of aliphatic hydroxyl groups excluding tert-OH is 2. The normalized spacial score (nSPS) is 11.4. The summed E-state index contributed by atoms with van der Waals surface area (Å²) in [5.74, 6) is 0. The Bertz CT molecular complexity index is 419. The van der Waals surface area contributed by atoms with Crippen molar-refractivity contribution in [1.29, 1.82) is 0 Å². The Hall–Kier alpha value is -1.11. The van der Waals surface area contributed by atoms with Crippen LogP contribution in [0.2, 0.25) is 0 Å². The Labute approximate surface area is 88.4 Å². The lowest BCUT2D eigenvalue weighted by molar-refractivity contribution is 0.275. The maximum absolute atomic E-state index is 11.0. The molecule has 0 aliphatic carbocycles. The van der Waals surface area contributed by atoms with Gasteiger partial charge in [0.15, 0.2) is 0 Å². The first-order valence-corrected chi connectivity index (χ1v) is 6.16. The SMILES string of the molecule is CS(=O)(=O)Nc1cc(CO)cc(CO)c1. The average Bonchev–Trinajstić information content (AvgIpc) is 2.14. The molecule has 0 radical (unpaired) electrons. The Kier molecular flexibility index (Phi) is 3.67. The molecule has 0 aromatic heterocycles. The molecule has 6 heteroatoms. The van der Waals surface area contributed by atoms with Crippen molar-refractivity contribution in [2.45, 2.75) is 13.2 Å². The molecular weight excluding hydrogens is 218 g/mol. The molecular formula is C9H13NO4S. The maximum Gasteiger partial charge on any atom is 0.229 e. The molecule has 1 aromatic rings. The molecule has 84 valence electrons. The summed E-state index contributed by atoms with van der Waals surface area (Å²) in [6.45, 7) is -0.404. The predicted molar refractivity (Wildman–Crippen MR) is 56.8 cm³/mol. The number of nitrogens with one attached hydrogen (secondary N) is 1. The summed E-state index contributed by atoms with van der Waals surface area (Å²) in [5.41, 5.74) is 1.44. The molecule has 0 heterocycles. The molecule has 0 atom stereocenters. The van der Waals surface area contributed by atoms with Gasteiger partial charge in [-0.25, -0.2) is 8.42 Å². The molecule has 0 saturated heterocycles. The Morgan fingerprint density at radius 3 is 1.93 bits per heavy atom. The average molecular weight is 231 g/mol. The molecule has 0 aliphatic heterocycles. The lowest BCUT2D eigenvalue weighted by atomic mass is 10.1. The predicted octanol–water partition coefficient (Wildman–Crippen LogP) is 0.0427. The fraction of sp³-hybridized carbons (Fsp3) is 0.333. The minimum Gasteiger partial charge on any atom is -0.392 e. The van der Waals surface area contributed by atoms with E-state index in [9.17, 15) is 8.42 Å². The van der Waals surface area contributed by atoms with Crippen LogP contribution >= 0.6 is 0 Å². The van der Waals surface area contributed by atoms with Crippen molar-refractivity contribution in [3.63, 3.8) is 0 Å². The summed E-state index contributed by atoms with van der Waals surface area (Å²) in [6, 6.07) is 4.63. The first-order chi connectivity index (χ1) is 6.94. The molecule has 1 aromatic carbocycles. The number of benzene rings is 1. The van der Waals surface area contributed by atoms with Crippen LogP contribution in [0.25, 0.3) is 0 Å². The van der Waals surface area contributed by atoms with Crippen LogP contribution in [0.1, 0.15) is 11.1 Å². The molecule has 0 aliphatic rings. The van der Waals surface area contributed by atoms with Gasteiger partial charge in [0.1, 0.15) is 0 Å². The van der Waals surface area contributed by atoms with Gasteiger partial charge >= 0.3 is 0 Å². The van der Waals surface area contributed by atoms with Crippen LogP contribution < -0.4 is 4.72 Å². The fourth-order valence-electron chi connectivity index (χ4n) is 1.22. The van der Waals surface area contributed by atoms with Crippen LogP contribution in [-0.2, 0) is 23.2 Å². The Balaban J connectivity index is 3.07. The van der Waals surface area contributed by atoms with Gasteiger partial charge in [0, 0.05) is 5.69 Å². The second kappa shape index (κ2) is 4.61. The third kappa shape index (κ3) is 3.86. The minimum absolute atomic E-state index is 0.202. The number of sulfonamides is 1. The number of hydrogen-bond donors (Lipinski definition) is 3. The number of anilines is 1. The van der Waals surface area contributed by atoms with Gasteiger partial charge in [-0.05, 0) is 23.3 Å². The molecule has 15 heavy (non-hydrogen) atoms. The Morgan fingerprint density at radius 2 is 1.60 bits per heavy atom. The third-order valence-corrected chi connectivity index (χ3v) is 2.33. The van der Waals surface area contributed by atoms with Crippen LogP contribution in [0.5, 0.6) is 0 Å². The van der Waals surface area contributed by atoms with Crippen molar-refractivity contribution in [2.75, 3.05) is 11.0 Å². The molecule has 0 fully saturated rings. The first kappa shape index (κ1) is 12.0. The zero-order valence-corrected chi connectivity index (χ0v) is 9.08. The molecule has 0 saturated carbocycles. The third-order valence-electron chi connectivity index (χ3n) is 1.72. The lowest BCUT2D eigenvalue weighted by Crippen LogP contribution is -2.10. The maximum atomic E-state index is 11.0. The second-order valence-corrected chi connectivity index (χ2v) is 4.98. The van der Waals surface area contributed by atoms with Gasteiger partial charge in [-0.1, -0.05) is 6.07 Å². The van der Waals surface area contributed by atoms with Crippen molar-refractivity contribution in [3.05, 3.63) is 29.3 Å². The van der Waals surface area contributed by atoms with E-state index in [1.165, 1.54) is 12.1 Å². The van der Waals surface area contributed by atoms with E-state index in [1.54, 1.807) is 6.07 Å². The van der Waals surface area contributed by atoms with Crippen molar-refractivity contribution in [1.82, 2.24) is 0 Å². The summed E-state index contributed by atoms with van der Waals surface area (Å²) in [7, 11) is -3.34. The van der Waals surface area contributed by atoms with E-state index >= 15 is 0 Å². The van der Waals surface area contributed by atoms with Crippen molar-refractivity contribution in [3.8, 4) is 0 Å². The van der Waals surface area contributed by atoms with E-state index in [2.05, 4.69) is 4.72 Å². The van der Waals surface area contributed by atoms with Crippen LogP contribution in [0.4, 0.5) is 5.69 Å². The molecule has 0 spiro atoms. The summed E-state index contributed by atoms with van der Waals surface area (Å²) in [6.07, 6.45) is 1.04. The molecule has 3 N–H and O–H groups in total. The summed E-state index contributed by atoms with van der Waals surface area (Å²) in [4.78, 5) is 0. The van der Waals surface area contributed by atoms with Crippen LogP contribution in [0.15, 0.2) is 18.2 Å². The fourth-order valence-corrected chi connectivity index (χ4v) is 1.76. The molecule has 1 rings (SSSR count). The van der Waals surface area contributed by atoms with Crippen LogP contribution in [-0.4, -0.2) is 24.9 Å². The summed E-state index contributed by atoms with van der Waals surface area (Å²) in [5, 5.41) is 17.8. The monoisotopic (exact) mass is 231 g/mol. The van der Waals surface area contributed by atoms with Gasteiger partial charge in [0.25, 0.3) is 0 Å². The number of hydrogen-bond acceptors (Lipinski definition) is 4. The quantitative estimate of drug-likeness (QED) is 0.683. The van der Waals surface area contributed by atoms with Crippen LogP contribution in [0, 0.1) is 0 Å². The van der Waals surface area contributed by atoms with E-state index in [1.807, 2.05) is 0 Å². The van der Waals surface area contributed by atoms with Gasteiger partial charge < -0.3 is 10.2 Å². The lowest BCUT2D eigenvalue weighted by Gasteiger charge is -2.08. The van der Waals surface area contributed by atoms with E-state index in [0.29, 0.717) is 16.8 Å². The smallest absolute Gasteiger partial charge is 0.229 e. The highest BCUT2D eigenvalue weighted by Gasteiger charge is 2.04. The second-order valence-electron chi connectivity index (χ2n) is 3.23. The molecule has 0 unspecified atom stereocenters. The molecule has 0 amide bonds. The number of aliphatic hydroxyl groups is 2. The zero-order chi connectivity index (χ0) is 11.5. The van der Waals surface area contributed by atoms with Crippen molar-refractivity contribution < 1.29 is 18.6 Å². The van der Waals surface area contributed by atoms with Crippen molar-refractivity contribution in [2.24, 2.45) is 0 Å². The van der Waals surface area contributed by atoms with Gasteiger partial charge in [0.2, 0.25) is 10.0 Å². The highest BCUT2D eigenvalue weighted by atomic mass is 32.2. The topological polar surface area (TPSA) is 86.6 Å². The standard InChI is InChI=1S/C9H13NO4S/c1-15(13,14)10-9-3-7(5-11)2-8(4-9)6-12/h2-4,10-12H,5-6H2,1H3. The highest BCUT2D eigenvalue weighted by molar-refractivity contribution is 7.92. The van der Waals surface area contributed by atoms with Crippen LogP contribution in [0.3, 0.4) is 0 Å². The summed E-state index contributed by atoms with van der Waals surface area (Å²) >= 11 is 0. The number of rotatable bonds is 4.